The number of hydrogen-bond donors (Lipinski definition) is 0. The van der Waals surface area contributed by atoms with Gasteiger partial charge >= 0.3 is 18.0 Å². The van der Waals surface area contributed by atoms with Gasteiger partial charge in [-0.15, -0.1) is 0 Å². The van der Waals surface area contributed by atoms with E-state index in [1.807, 2.05) is 0 Å². The van der Waals surface area contributed by atoms with Crippen molar-refractivity contribution in [3.8, 4) is 11.4 Å². The van der Waals surface area contributed by atoms with Crippen LogP contribution in [-0.4, -0.2) is 33.9 Å². The van der Waals surface area contributed by atoms with Crippen LogP contribution < -0.4 is 10.4 Å². The van der Waals surface area contributed by atoms with E-state index in [0.717, 1.165) is 21.3 Å². The summed E-state index contributed by atoms with van der Waals surface area (Å²) in [6.07, 6.45) is -1.25. The Bertz CT molecular complexity index is 1170. The van der Waals surface area contributed by atoms with E-state index in [4.69, 9.17) is 0 Å². The van der Waals surface area contributed by atoms with Crippen LogP contribution in [0, 0.1) is 11.6 Å². The van der Waals surface area contributed by atoms with Crippen molar-refractivity contribution in [1.29, 1.82) is 0 Å². The third kappa shape index (κ3) is 4.71. The molecule has 32 heavy (non-hydrogen) atoms. The molecule has 0 bridgehead atoms. The molecule has 11 heteroatoms. The predicted molar refractivity (Wildman–Crippen MR) is 102 cm³/mol. The summed E-state index contributed by atoms with van der Waals surface area (Å²) in [4.78, 5) is 25.3. The van der Waals surface area contributed by atoms with Crippen LogP contribution in [0.4, 0.5) is 26.3 Å². The number of benzene rings is 2. The third-order valence-corrected chi connectivity index (χ3v) is 4.66. The van der Waals surface area contributed by atoms with Crippen molar-refractivity contribution in [3.05, 3.63) is 82.5 Å². The molecule has 3 aromatic rings. The van der Waals surface area contributed by atoms with Crippen molar-refractivity contribution >= 4 is 5.78 Å². The second-order valence-corrected chi connectivity index (χ2v) is 6.87. The Morgan fingerprint density at radius 3 is 2.31 bits per heavy atom. The van der Waals surface area contributed by atoms with Crippen LogP contribution in [0.1, 0.15) is 23.3 Å². The lowest BCUT2D eigenvalue weighted by Crippen LogP contribution is -2.33. The van der Waals surface area contributed by atoms with Crippen LogP contribution >= 0.6 is 0 Å². The summed E-state index contributed by atoms with van der Waals surface area (Å²) in [5.74, 6) is -7.06. The molecule has 1 heterocycles. The number of ether oxygens (including phenoxy) is 1. The summed E-state index contributed by atoms with van der Waals surface area (Å²) >= 11 is 0. The number of carbonyl (C=O) groups is 1. The molecule has 170 valence electrons. The topological polar surface area (TPSA) is 53.2 Å². The molecule has 0 aliphatic carbocycles. The molecule has 5 nitrogen and oxygen atoms in total. The van der Waals surface area contributed by atoms with Gasteiger partial charge in [-0.05, 0) is 43.3 Å². The van der Waals surface area contributed by atoms with E-state index in [1.165, 1.54) is 43.6 Å². The molecular formula is C21H16F6N2O3. The fraction of sp³-hybridized carbons (Fsp3) is 0.238. The summed E-state index contributed by atoms with van der Waals surface area (Å²) in [7, 11) is 0. The van der Waals surface area contributed by atoms with Crippen molar-refractivity contribution in [2.75, 3.05) is 6.61 Å². The van der Waals surface area contributed by atoms with Gasteiger partial charge in [0.25, 0.3) is 0 Å². The van der Waals surface area contributed by atoms with Crippen molar-refractivity contribution in [3.63, 3.8) is 0 Å². The van der Waals surface area contributed by atoms with Crippen LogP contribution in [0.15, 0.2) is 59.7 Å². The number of ketones is 1. The molecular weight excluding hydrogens is 442 g/mol. The number of aromatic nitrogens is 2. The Balaban J connectivity index is 1.78. The summed E-state index contributed by atoms with van der Waals surface area (Å²) in [5, 5.41) is 0. The largest absolute Gasteiger partial charge is 0.487 e. The highest BCUT2D eigenvalue weighted by atomic mass is 19.3. The van der Waals surface area contributed by atoms with E-state index in [0.29, 0.717) is 6.07 Å². The standard InChI is InChI=1S/C21H16F6N2O3/c1-12(18(30)16-7-2-13(22)10-17(16)23)28-8-9-29(20(28)31)14-3-5-15(6-4-14)32-11-21(26,27)19(24)25/h2-10,12,19H,11H2,1H3/t12-/m1/s1. The fourth-order valence-electron chi connectivity index (χ4n) is 2.87. The highest BCUT2D eigenvalue weighted by Crippen LogP contribution is 2.25. The summed E-state index contributed by atoms with van der Waals surface area (Å²) < 4.78 is 84.1. The normalized spacial score (nSPS) is 12.8. The van der Waals surface area contributed by atoms with E-state index in [1.54, 1.807) is 0 Å². The molecule has 0 unspecified atom stereocenters. The minimum absolute atomic E-state index is 0.114. The monoisotopic (exact) mass is 458 g/mol. The maximum absolute atomic E-state index is 13.9. The fourth-order valence-corrected chi connectivity index (χ4v) is 2.87. The van der Waals surface area contributed by atoms with Gasteiger partial charge in [-0.25, -0.2) is 22.4 Å². The number of rotatable bonds is 8. The van der Waals surface area contributed by atoms with Gasteiger partial charge in [-0.3, -0.25) is 13.9 Å². The van der Waals surface area contributed by atoms with Crippen LogP contribution in [0.2, 0.25) is 0 Å². The predicted octanol–water partition coefficient (Wildman–Crippen LogP) is 4.64. The lowest BCUT2D eigenvalue weighted by molar-refractivity contribution is -0.148. The van der Waals surface area contributed by atoms with Gasteiger partial charge in [0, 0.05) is 18.5 Å². The number of halogens is 6. The Labute approximate surface area is 177 Å². The van der Waals surface area contributed by atoms with Gasteiger partial charge in [0.15, 0.2) is 12.4 Å². The number of nitrogens with zero attached hydrogens (tertiary/aromatic N) is 2. The summed E-state index contributed by atoms with van der Waals surface area (Å²) in [5.41, 5.74) is -0.763. The number of alkyl halides is 4. The van der Waals surface area contributed by atoms with Gasteiger partial charge < -0.3 is 4.74 Å². The molecule has 0 aliphatic heterocycles. The molecule has 0 fully saturated rings. The zero-order valence-corrected chi connectivity index (χ0v) is 16.4. The average molecular weight is 458 g/mol. The van der Waals surface area contributed by atoms with E-state index < -0.39 is 48.1 Å². The second kappa shape index (κ2) is 8.93. The molecule has 0 N–H and O–H groups in total. The quantitative estimate of drug-likeness (QED) is 0.365. The molecule has 1 aromatic heterocycles. The van der Waals surface area contributed by atoms with Gasteiger partial charge in [0.1, 0.15) is 17.4 Å². The van der Waals surface area contributed by atoms with Crippen LogP contribution in [0.25, 0.3) is 5.69 Å². The zero-order chi connectivity index (χ0) is 23.6. The number of imidazole rings is 1. The Morgan fingerprint density at radius 2 is 1.72 bits per heavy atom. The first-order valence-corrected chi connectivity index (χ1v) is 9.19. The van der Waals surface area contributed by atoms with Crippen LogP contribution in [-0.2, 0) is 0 Å². The van der Waals surface area contributed by atoms with Crippen molar-refractivity contribution < 1.29 is 35.9 Å². The number of Topliss-reactive ketones (excluding diaryl/α,β-unsaturated/α-hetero) is 1. The summed E-state index contributed by atoms with van der Waals surface area (Å²) in [6, 6.07) is 6.45. The van der Waals surface area contributed by atoms with E-state index in [9.17, 15) is 35.9 Å². The minimum atomic E-state index is -4.31. The molecule has 0 saturated heterocycles. The molecule has 0 amide bonds. The van der Waals surface area contributed by atoms with Gasteiger partial charge in [-0.1, -0.05) is 0 Å². The van der Waals surface area contributed by atoms with Gasteiger partial charge in [-0.2, -0.15) is 8.78 Å². The highest BCUT2D eigenvalue weighted by molar-refractivity contribution is 5.99. The second-order valence-electron chi connectivity index (χ2n) is 6.87. The molecule has 3 rings (SSSR count). The highest BCUT2D eigenvalue weighted by Gasteiger charge is 2.41. The Kier molecular flexibility index (Phi) is 6.47. The maximum atomic E-state index is 13.9. The van der Waals surface area contributed by atoms with E-state index in [2.05, 4.69) is 4.74 Å². The molecule has 2 aromatic carbocycles. The first-order chi connectivity index (χ1) is 15.0. The zero-order valence-electron chi connectivity index (χ0n) is 16.4. The SMILES string of the molecule is C[C@H](C(=O)c1ccc(F)cc1F)n1ccn(-c2ccc(OCC(F)(F)C(F)F)cc2)c1=O. The molecule has 1 atom stereocenters. The third-order valence-electron chi connectivity index (χ3n) is 4.66. The Morgan fingerprint density at radius 1 is 1.06 bits per heavy atom. The molecule has 0 saturated carbocycles. The molecule has 0 radical (unpaired) electrons. The lowest BCUT2D eigenvalue weighted by atomic mass is 10.0. The van der Waals surface area contributed by atoms with E-state index >= 15 is 0 Å². The number of carbonyl (C=O) groups excluding carboxylic acids is 1. The smallest absolute Gasteiger partial charge is 0.340 e. The number of hydrogen-bond acceptors (Lipinski definition) is 3. The average Bonchev–Trinajstić information content (AvgIpc) is 3.13. The minimum Gasteiger partial charge on any atom is -0.487 e. The summed E-state index contributed by atoms with van der Waals surface area (Å²) in [6.45, 7) is -0.142. The van der Waals surface area contributed by atoms with Gasteiger partial charge in [0.05, 0.1) is 17.3 Å². The first kappa shape index (κ1) is 23.2. The van der Waals surface area contributed by atoms with Crippen LogP contribution in [0.3, 0.4) is 0 Å². The van der Waals surface area contributed by atoms with Crippen molar-refractivity contribution in [2.24, 2.45) is 0 Å². The molecule has 0 spiro atoms. The van der Waals surface area contributed by atoms with Gasteiger partial charge in [0.2, 0.25) is 0 Å². The lowest BCUT2D eigenvalue weighted by Gasteiger charge is -2.16. The first-order valence-electron chi connectivity index (χ1n) is 9.19. The van der Waals surface area contributed by atoms with Crippen LogP contribution in [0.5, 0.6) is 5.75 Å². The maximum Gasteiger partial charge on any atom is 0.340 e. The van der Waals surface area contributed by atoms with E-state index in [-0.39, 0.29) is 17.0 Å². The van der Waals surface area contributed by atoms with Crippen molar-refractivity contribution in [1.82, 2.24) is 9.13 Å². The Hall–Kier alpha value is -3.50. The molecule has 0 aliphatic rings. The van der Waals surface area contributed by atoms with Crippen molar-refractivity contribution in [2.45, 2.75) is 25.3 Å².